The first kappa shape index (κ1) is 16.0. The molecule has 1 saturated heterocycles. The van der Waals surface area contributed by atoms with Gasteiger partial charge in [-0.3, -0.25) is 0 Å². The van der Waals surface area contributed by atoms with E-state index >= 15 is 0 Å². The molecule has 3 rings (SSSR count). The molecule has 0 spiro atoms. The van der Waals surface area contributed by atoms with Crippen LogP contribution in [-0.2, 0) is 9.47 Å². The van der Waals surface area contributed by atoms with Crippen molar-refractivity contribution in [3.05, 3.63) is 58.9 Å². The van der Waals surface area contributed by atoms with E-state index in [4.69, 9.17) is 9.47 Å². The second kappa shape index (κ2) is 6.34. The molecule has 1 aliphatic heterocycles. The molecule has 0 saturated carbocycles. The smallest absolute Gasteiger partial charge is 0.184 e. The first-order valence-electron chi connectivity index (χ1n) is 7.44. The van der Waals surface area contributed by atoms with Crippen molar-refractivity contribution < 1.29 is 22.6 Å². The van der Waals surface area contributed by atoms with Crippen molar-refractivity contribution in [3.8, 4) is 11.1 Å². The molecule has 122 valence electrons. The molecule has 1 fully saturated rings. The molecule has 0 radical (unpaired) electrons. The van der Waals surface area contributed by atoms with Gasteiger partial charge in [-0.1, -0.05) is 19.1 Å². The normalized spacial score (nSPS) is 21.4. The van der Waals surface area contributed by atoms with Crippen molar-refractivity contribution in [2.24, 2.45) is 5.92 Å². The summed E-state index contributed by atoms with van der Waals surface area (Å²) in [6.07, 6.45) is -0.779. The number of ether oxygens (including phenoxy) is 2. The molecular weight excluding hydrogens is 305 g/mol. The lowest BCUT2D eigenvalue weighted by Crippen LogP contribution is -2.25. The molecule has 2 aromatic carbocycles. The van der Waals surface area contributed by atoms with Gasteiger partial charge in [0.2, 0.25) is 0 Å². The van der Waals surface area contributed by atoms with E-state index in [9.17, 15) is 13.2 Å². The Morgan fingerprint density at radius 1 is 0.913 bits per heavy atom. The molecule has 0 amide bonds. The fraction of sp³-hybridized carbons (Fsp3) is 0.333. The molecule has 0 bridgehead atoms. The fourth-order valence-electron chi connectivity index (χ4n) is 2.54. The van der Waals surface area contributed by atoms with Gasteiger partial charge in [-0.25, -0.2) is 13.2 Å². The summed E-state index contributed by atoms with van der Waals surface area (Å²) in [6, 6.07) is 6.47. The van der Waals surface area contributed by atoms with Crippen LogP contribution >= 0.6 is 0 Å². The van der Waals surface area contributed by atoms with E-state index in [-0.39, 0.29) is 22.6 Å². The maximum Gasteiger partial charge on any atom is 0.184 e. The molecule has 0 unspecified atom stereocenters. The van der Waals surface area contributed by atoms with Gasteiger partial charge >= 0.3 is 0 Å². The Labute approximate surface area is 132 Å². The summed E-state index contributed by atoms with van der Waals surface area (Å²) in [7, 11) is 0. The van der Waals surface area contributed by atoms with Crippen LogP contribution in [0.1, 0.15) is 24.3 Å². The van der Waals surface area contributed by atoms with Gasteiger partial charge in [0.25, 0.3) is 0 Å². The highest BCUT2D eigenvalue weighted by molar-refractivity contribution is 5.65. The molecule has 23 heavy (non-hydrogen) atoms. The zero-order valence-electron chi connectivity index (χ0n) is 12.9. The zero-order chi connectivity index (χ0) is 16.6. The number of hydrogen-bond acceptors (Lipinski definition) is 2. The van der Waals surface area contributed by atoms with Crippen molar-refractivity contribution in [3.63, 3.8) is 0 Å². The number of rotatable bonds is 2. The number of benzene rings is 2. The van der Waals surface area contributed by atoms with Gasteiger partial charge in [0.15, 0.2) is 6.29 Å². The monoisotopic (exact) mass is 322 g/mol. The average Bonchev–Trinajstić information content (AvgIpc) is 2.51. The lowest BCUT2D eigenvalue weighted by molar-refractivity contribution is -0.202. The van der Waals surface area contributed by atoms with Crippen LogP contribution in [0.25, 0.3) is 11.1 Å². The van der Waals surface area contributed by atoms with Crippen LogP contribution in [0.2, 0.25) is 0 Å². The third kappa shape index (κ3) is 3.26. The summed E-state index contributed by atoms with van der Waals surface area (Å²) in [4.78, 5) is 0. The highest BCUT2D eigenvalue weighted by atomic mass is 19.1. The number of aryl methyl sites for hydroxylation is 1. The molecule has 0 N–H and O–H groups in total. The minimum Gasteiger partial charge on any atom is -0.348 e. The molecule has 1 aliphatic rings. The maximum atomic E-state index is 14.4. The minimum absolute atomic E-state index is 0.161. The first-order chi connectivity index (χ1) is 11.0. The van der Waals surface area contributed by atoms with Crippen LogP contribution < -0.4 is 0 Å². The second-order valence-electron chi connectivity index (χ2n) is 5.93. The van der Waals surface area contributed by atoms with Crippen LogP contribution in [0.3, 0.4) is 0 Å². The van der Waals surface area contributed by atoms with E-state index in [1.54, 1.807) is 6.92 Å². The van der Waals surface area contributed by atoms with Gasteiger partial charge in [-0.05, 0) is 36.2 Å². The SMILES string of the molecule is Cc1ccc(-c2c(F)cc(C3OCC(C)CO3)cc2F)cc1F. The standard InChI is InChI=1S/C18H17F3O2/c1-10-8-22-18(23-9-10)13-6-15(20)17(16(21)7-13)12-4-3-11(2)14(19)5-12/h3-7,10,18H,8-9H2,1-2H3. The Morgan fingerprint density at radius 2 is 1.52 bits per heavy atom. The van der Waals surface area contributed by atoms with Gasteiger partial charge in [0.1, 0.15) is 17.5 Å². The Morgan fingerprint density at radius 3 is 2.09 bits per heavy atom. The van der Waals surface area contributed by atoms with E-state index in [1.807, 2.05) is 6.92 Å². The summed E-state index contributed by atoms with van der Waals surface area (Å²) in [5.74, 6) is -1.79. The third-order valence-corrected chi connectivity index (χ3v) is 3.86. The second-order valence-corrected chi connectivity index (χ2v) is 5.93. The summed E-state index contributed by atoms with van der Waals surface area (Å²) in [6.45, 7) is 4.50. The fourth-order valence-corrected chi connectivity index (χ4v) is 2.54. The Balaban J connectivity index is 1.95. The Kier molecular flexibility index (Phi) is 4.41. The van der Waals surface area contributed by atoms with Crippen LogP contribution in [0.5, 0.6) is 0 Å². The highest BCUT2D eigenvalue weighted by Crippen LogP contribution is 2.32. The van der Waals surface area contributed by atoms with Crippen LogP contribution in [0, 0.1) is 30.3 Å². The molecule has 0 aliphatic carbocycles. The van der Waals surface area contributed by atoms with Crippen LogP contribution in [0.15, 0.2) is 30.3 Å². The molecule has 5 heteroatoms. The molecule has 0 aromatic heterocycles. The third-order valence-electron chi connectivity index (χ3n) is 3.86. The van der Waals surface area contributed by atoms with Gasteiger partial charge in [-0.15, -0.1) is 0 Å². The summed E-state index contributed by atoms with van der Waals surface area (Å²) >= 11 is 0. The summed E-state index contributed by atoms with van der Waals surface area (Å²) in [5, 5.41) is 0. The van der Waals surface area contributed by atoms with Gasteiger partial charge < -0.3 is 9.47 Å². The van der Waals surface area contributed by atoms with Crippen LogP contribution in [-0.4, -0.2) is 13.2 Å². The Hall–Kier alpha value is -1.85. The zero-order valence-corrected chi connectivity index (χ0v) is 12.9. The van der Waals surface area contributed by atoms with Crippen molar-refractivity contribution >= 4 is 0 Å². The Bertz CT molecular complexity index is 699. The first-order valence-corrected chi connectivity index (χ1v) is 7.44. The quantitative estimate of drug-likeness (QED) is 0.793. The number of hydrogen-bond donors (Lipinski definition) is 0. The van der Waals surface area contributed by atoms with Crippen molar-refractivity contribution in [2.45, 2.75) is 20.1 Å². The topological polar surface area (TPSA) is 18.5 Å². The van der Waals surface area contributed by atoms with Crippen molar-refractivity contribution in [2.75, 3.05) is 13.2 Å². The van der Waals surface area contributed by atoms with E-state index in [2.05, 4.69) is 0 Å². The molecule has 2 aromatic rings. The van der Waals surface area contributed by atoms with E-state index in [0.717, 1.165) is 6.07 Å². The van der Waals surface area contributed by atoms with Gasteiger partial charge in [0, 0.05) is 11.5 Å². The lowest BCUT2D eigenvalue weighted by Gasteiger charge is -2.27. The number of halogens is 3. The van der Waals surface area contributed by atoms with E-state index < -0.39 is 23.7 Å². The molecule has 2 nitrogen and oxygen atoms in total. The van der Waals surface area contributed by atoms with Crippen molar-refractivity contribution in [1.82, 2.24) is 0 Å². The largest absolute Gasteiger partial charge is 0.348 e. The summed E-state index contributed by atoms with van der Waals surface area (Å²) in [5.41, 5.74) is 0.609. The predicted molar refractivity (Wildman–Crippen MR) is 80.3 cm³/mol. The highest BCUT2D eigenvalue weighted by Gasteiger charge is 2.24. The molecule has 0 atom stereocenters. The van der Waals surface area contributed by atoms with E-state index in [0.29, 0.717) is 18.8 Å². The molecular formula is C18H17F3O2. The average molecular weight is 322 g/mol. The maximum absolute atomic E-state index is 14.4. The predicted octanol–water partition coefficient (Wildman–Crippen LogP) is 4.76. The lowest BCUT2D eigenvalue weighted by atomic mass is 10.0. The minimum atomic E-state index is -0.779. The van der Waals surface area contributed by atoms with Gasteiger partial charge in [0.05, 0.1) is 18.8 Å². The molecule has 1 heterocycles. The summed E-state index contributed by atoms with van der Waals surface area (Å²) < 4.78 is 53.3. The van der Waals surface area contributed by atoms with Crippen molar-refractivity contribution in [1.29, 1.82) is 0 Å². The van der Waals surface area contributed by atoms with Crippen LogP contribution in [0.4, 0.5) is 13.2 Å². The van der Waals surface area contributed by atoms with Gasteiger partial charge in [-0.2, -0.15) is 0 Å². The van der Waals surface area contributed by atoms with E-state index in [1.165, 1.54) is 24.3 Å².